The zero-order valence-electron chi connectivity index (χ0n) is 14.4. The molecule has 132 valence electrons. The van der Waals surface area contributed by atoms with Crippen LogP contribution in [0.3, 0.4) is 0 Å². The molecule has 1 heterocycles. The van der Waals surface area contributed by atoms with E-state index < -0.39 is 5.60 Å². The number of carbonyl (C=O) groups is 1. The third-order valence-corrected chi connectivity index (χ3v) is 3.92. The summed E-state index contributed by atoms with van der Waals surface area (Å²) in [6, 6.07) is 6.99. The Morgan fingerprint density at radius 3 is 2.54 bits per heavy atom. The maximum Gasteiger partial charge on any atom is 0.410 e. The molecule has 1 amide bonds. The van der Waals surface area contributed by atoms with Crippen LogP contribution in [0, 0.1) is 10.1 Å². The average molecular weight is 335 g/mol. The van der Waals surface area contributed by atoms with Crippen molar-refractivity contribution in [3.8, 4) is 0 Å². The highest BCUT2D eigenvalue weighted by Gasteiger charge is 2.26. The van der Waals surface area contributed by atoms with Gasteiger partial charge in [-0.25, -0.2) is 4.79 Å². The van der Waals surface area contributed by atoms with Crippen LogP contribution in [0.25, 0.3) is 0 Å². The number of benzene rings is 1. The molecule has 0 aromatic heterocycles. The Hall–Kier alpha value is -2.15. The van der Waals surface area contributed by atoms with Gasteiger partial charge in [0.25, 0.3) is 5.69 Å². The number of nitro benzene ring substituents is 1. The number of amides is 1. The zero-order valence-corrected chi connectivity index (χ0v) is 14.4. The fourth-order valence-corrected chi connectivity index (χ4v) is 2.69. The van der Waals surface area contributed by atoms with Gasteiger partial charge in [0.1, 0.15) is 5.60 Å². The van der Waals surface area contributed by atoms with E-state index in [1.165, 1.54) is 6.07 Å². The highest BCUT2D eigenvalue weighted by atomic mass is 16.6. The largest absolute Gasteiger partial charge is 0.444 e. The molecule has 1 aromatic carbocycles. The minimum absolute atomic E-state index is 0.135. The number of nitrogens with one attached hydrogen (secondary N) is 1. The molecule has 7 nitrogen and oxygen atoms in total. The van der Waals surface area contributed by atoms with Crippen molar-refractivity contribution in [1.29, 1.82) is 0 Å². The standard InChI is InChI=1S/C17H25N3O4/c1-17(2,3)24-16(21)19-10-8-14(9-11-19)18-12-13-6-4-5-7-15(13)20(22)23/h4-7,14,18H,8-12H2,1-3H3. The summed E-state index contributed by atoms with van der Waals surface area (Å²) in [7, 11) is 0. The average Bonchev–Trinajstić information content (AvgIpc) is 2.52. The quantitative estimate of drug-likeness (QED) is 0.675. The Balaban J connectivity index is 1.82. The first-order chi connectivity index (χ1) is 11.3. The van der Waals surface area contributed by atoms with E-state index in [1.54, 1.807) is 23.1 Å². The molecule has 2 rings (SSSR count). The van der Waals surface area contributed by atoms with E-state index >= 15 is 0 Å². The monoisotopic (exact) mass is 335 g/mol. The van der Waals surface area contributed by atoms with E-state index in [1.807, 2.05) is 20.8 Å². The Morgan fingerprint density at radius 1 is 1.33 bits per heavy atom. The molecule has 24 heavy (non-hydrogen) atoms. The molecule has 0 radical (unpaired) electrons. The van der Waals surface area contributed by atoms with Crippen LogP contribution in [-0.2, 0) is 11.3 Å². The number of hydrogen-bond acceptors (Lipinski definition) is 5. The molecule has 0 saturated carbocycles. The van der Waals surface area contributed by atoms with Crippen molar-refractivity contribution in [3.05, 3.63) is 39.9 Å². The number of piperidine rings is 1. The fraction of sp³-hybridized carbons (Fsp3) is 0.588. The first-order valence-corrected chi connectivity index (χ1v) is 8.20. The van der Waals surface area contributed by atoms with Crippen molar-refractivity contribution in [2.75, 3.05) is 13.1 Å². The second-order valence-electron chi connectivity index (χ2n) is 7.01. The van der Waals surface area contributed by atoms with Gasteiger partial charge in [-0.15, -0.1) is 0 Å². The van der Waals surface area contributed by atoms with Crippen LogP contribution in [0.1, 0.15) is 39.2 Å². The van der Waals surface area contributed by atoms with E-state index in [9.17, 15) is 14.9 Å². The number of ether oxygens (including phenoxy) is 1. The number of rotatable bonds is 4. The molecule has 0 aliphatic carbocycles. The van der Waals surface area contributed by atoms with Gasteiger partial charge in [0.15, 0.2) is 0 Å². The summed E-state index contributed by atoms with van der Waals surface area (Å²) in [6.07, 6.45) is 1.33. The van der Waals surface area contributed by atoms with Gasteiger partial charge < -0.3 is 15.0 Å². The number of nitro groups is 1. The Bertz CT molecular complexity index is 590. The van der Waals surface area contributed by atoms with Gasteiger partial charge in [-0.3, -0.25) is 10.1 Å². The van der Waals surface area contributed by atoms with Crippen LogP contribution in [0.4, 0.5) is 10.5 Å². The second-order valence-corrected chi connectivity index (χ2v) is 7.01. The van der Waals surface area contributed by atoms with E-state index in [0.717, 1.165) is 12.8 Å². The summed E-state index contributed by atoms with van der Waals surface area (Å²) in [5, 5.41) is 14.4. The topological polar surface area (TPSA) is 84.7 Å². The lowest BCUT2D eigenvalue weighted by molar-refractivity contribution is -0.385. The Labute approximate surface area is 142 Å². The lowest BCUT2D eigenvalue weighted by Gasteiger charge is -2.33. The second kappa shape index (κ2) is 7.61. The molecule has 1 N–H and O–H groups in total. The van der Waals surface area contributed by atoms with Gasteiger partial charge in [-0.1, -0.05) is 18.2 Å². The molecule has 1 fully saturated rings. The summed E-state index contributed by atoms with van der Waals surface area (Å²) in [5.74, 6) is 0. The van der Waals surface area contributed by atoms with Crippen molar-refractivity contribution in [2.24, 2.45) is 0 Å². The van der Waals surface area contributed by atoms with Gasteiger partial charge in [-0.2, -0.15) is 0 Å². The van der Waals surface area contributed by atoms with E-state index in [2.05, 4.69) is 5.32 Å². The lowest BCUT2D eigenvalue weighted by Crippen LogP contribution is -2.46. The molecule has 1 aromatic rings. The van der Waals surface area contributed by atoms with Crippen molar-refractivity contribution in [2.45, 2.75) is 51.8 Å². The summed E-state index contributed by atoms with van der Waals surface area (Å²) in [4.78, 5) is 24.4. The SMILES string of the molecule is CC(C)(C)OC(=O)N1CCC(NCc2ccccc2[N+](=O)[O-])CC1. The van der Waals surface area contributed by atoms with Crippen molar-refractivity contribution >= 4 is 11.8 Å². The summed E-state index contributed by atoms with van der Waals surface area (Å²) < 4.78 is 5.38. The van der Waals surface area contributed by atoms with Gasteiger partial charge >= 0.3 is 6.09 Å². The van der Waals surface area contributed by atoms with Crippen LogP contribution in [-0.4, -0.2) is 40.6 Å². The molecule has 0 unspecified atom stereocenters. The lowest BCUT2D eigenvalue weighted by atomic mass is 10.0. The predicted molar refractivity (Wildman–Crippen MR) is 90.8 cm³/mol. The Kier molecular flexibility index (Phi) is 5.77. The van der Waals surface area contributed by atoms with E-state index in [0.29, 0.717) is 25.2 Å². The third kappa shape index (κ3) is 5.19. The van der Waals surface area contributed by atoms with Gasteiger partial charge in [0.05, 0.1) is 4.92 Å². The van der Waals surface area contributed by atoms with Gasteiger partial charge in [0, 0.05) is 37.3 Å². The predicted octanol–water partition coefficient (Wildman–Crippen LogP) is 3.08. The van der Waals surface area contributed by atoms with E-state index in [-0.39, 0.29) is 22.7 Å². The molecule has 0 spiro atoms. The van der Waals surface area contributed by atoms with E-state index in [4.69, 9.17) is 4.74 Å². The maximum atomic E-state index is 12.0. The zero-order chi connectivity index (χ0) is 17.7. The summed E-state index contributed by atoms with van der Waals surface area (Å²) in [6.45, 7) is 7.27. The molecule has 1 aliphatic heterocycles. The molecule has 1 aliphatic rings. The normalized spacial score (nSPS) is 16.0. The highest BCUT2D eigenvalue weighted by molar-refractivity contribution is 5.68. The number of nitrogens with zero attached hydrogens (tertiary/aromatic N) is 2. The number of carbonyl (C=O) groups excluding carboxylic acids is 1. The van der Waals surface area contributed by atoms with Crippen LogP contribution in [0.2, 0.25) is 0 Å². The van der Waals surface area contributed by atoms with Crippen LogP contribution < -0.4 is 5.32 Å². The minimum atomic E-state index is -0.488. The van der Waals surface area contributed by atoms with Gasteiger partial charge in [-0.05, 0) is 33.6 Å². The molecular formula is C17H25N3O4. The Morgan fingerprint density at radius 2 is 1.96 bits per heavy atom. The van der Waals surface area contributed by atoms with Crippen LogP contribution >= 0.6 is 0 Å². The smallest absolute Gasteiger partial charge is 0.410 e. The van der Waals surface area contributed by atoms with Crippen LogP contribution in [0.15, 0.2) is 24.3 Å². The summed E-state index contributed by atoms with van der Waals surface area (Å²) >= 11 is 0. The van der Waals surface area contributed by atoms with Crippen molar-refractivity contribution in [3.63, 3.8) is 0 Å². The summed E-state index contributed by atoms with van der Waals surface area (Å²) in [5.41, 5.74) is 0.326. The van der Waals surface area contributed by atoms with Gasteiger partial charge in [0.2, 0.25) is 0 Å². The molecule has 0 bridgehead atoms. The van der Waals surface area contributed by atoms with Crippen molar-refractivity contribution < 1.29 is 14.5 Å². The minimum Gasteiger partial charge on any atom is -0.444 e. The number of likely N-dealkylation sites (tertiary alicyclic amines) is 1. The maximum absolute atomic E-state index is 12.0. The fourth-order valence-electron chi connectivity index (χ4n) is 2.69. The van der Waals surface area contributed by atoms with Crippen molar-refractivity contribution in [1.82, 2.24) is 10.2 Å². The number of hydrogen-bond donors (Lipinski definition) is 1. The highest BCUT2D eigenvalue weighted by Crippen LogP contribution is 2.19. The first kappa shape index (κ1) is 18.2. The van der Waals surface area contributed by atoms with Crippen LogP contribution in [0.5, 0.6) is 0 Å². The number of para-hydroxylation sites is 1. The molecule has 0 atom stereocenters. The first-order valence-electron chi connectivity index (χ1n) is 8.20. The molecule has 7 heteroatoms. The molecular weight excluding hydrogens is 310 g/mol. The third-order valence-electron chi connectivity index (χ3n) is 3.92. The molecule has 1 saturated heterocycles.